The Bertz CT molecular complexity index is 1160. The van der Waals surface area contributed by atoms with Crippen LogP contribution in [0.2, 0.25) is 0 Å². The van der Waals surface area contributed by atoms with Gasteiger partial charge in [-0.25, -0.2) is 0 Å². The highest BCUT2D eigenvalue weighted by Gasteiger charge is 2.30. The second-order valence-corrected chi connectivity index (χ2v) is 7.60. The summed E-state index contributed by atoms with van der Waals surface area (Å²) in [4.78, 5) is 28.9. The molecule has 0 unspecified atom stereocenters. The second-order valence-electron chi connectivity index (χ2n) is 7.60. The van der Waals surface area contributed by atoms with Crippen molar-refractivity contribution in [1.29, 1.82) is 0 Å². The van der Waals surface area contributed by atoms with Crippen LogP contribution in [0.4, 0.5) is 13.2 Å². The van der Waals surface area contributed by atoms with Gasteiger partial charge in [0, 0.05) is 37.8 Å². The molecule has 0 spiro atoms. The molecule has 1 aliphatic rings. The van der Waals surface area contributed by atoms with E-state index in [9.17, 15) is 22.8 Å². The molecule has 0 aliphatic carbocycles. The molecule has 4 nitrogen and oxygen atoms in total. The molecule has 1 aliphatic heterocycles. The van der Waals surface area contributed by atoms with Gasteiger partial charge in [-0.3, -0.25) is 9.59 Å². The summed E-state index contributed by atoms with van der Waals surface area (Å²) in [6, 6.07) is 18.0. The number of amides is 2. The quantitative estimate of drug-likeness (QED) is 0.548. The molecule has 0 aromatic heterocycles. The third kappa shape index (κ3) is 4.66. The standard InChI is InChI=1S/C25H21F3N2O2/c26-25(27,28)20-11-8-18(9-12-20)10-13-23(31)29-14-16-30(17-15-29)24(32)22-7-3-5-19-4-1-2-6-21(19)22/h1-13H,14-17H2/b13-10+. The first-order valence-electron chi connectivity index (χ1n) is 10.2. The highest BCUT2D eigenvalue weighted by atomic mass is 19.4. The highest BCUT2D eigenvalue weighted by molar-refractivity contribution is 6.07. The predicted octanol–water partition coefficient (Wildman–Crippen LogP) is 4.86. The summed E-state index contributed by atoms with van der Waals surface area (Å²) in [5.74, 6) is -0.295. The summed E-state index contributed by atoms with van der Waals surface area (Å²) >= 11 is 0. The predicted molar refractivity (Wildman–Crippen MR) is 117 cm³/mol. The number of carbonyl (C=O) groups excluding carboxylic acids is 2. The largest absolute Gasteiger partial charge is 0.416 e. The van der Waals surface area contributed by atoms with Crippen molar-refractivity contribution in [3.8, 4) is 0 Å². The minimum atomic E-state index is -4.39. The molecule has 1 fully saturated rings. The molecule has 3 aromatic carbocycles. The van der Waals surface area contributed by atoms with Gasteiger partial charge in [0.2, 0.25) is 5.91 Å². The van der Waals surface area contributed by atoms with E-state index in [1.165, 1.54) is 24.3 Å². The normalized spacial score (nSPS) is 14.8. The topological polar surface area (TPSA) is 40.6 Å². The van der Waals surface area contributed by atoms with Gasteiger partial charge in [-0.15, -0.1) is 0 Å². The molecule has 0 bridgehead atoms. The fourth-order valence-corrected chi connectivity index (χ4v) is 3.77. The van der Waals surface area contributed by atoms with Crippen LogP contribution in [-0.4, -0.2) is 47.8 Å². The summed E-state index contributed by atoms with van der Waals surface area (Å²) in [5, 5.41) is 1.90. The zero-order chi connectivity index (χ0) is 22.7. The Morgan fingerprint density at radius 1 is 0.781 bits per heavy atom. The van der Waals surface area contributed by atoms with Gasteiger partial charge in [-0.2, -0.15) is 13.2 Å². The van der Waals surface area contributed by atoms with Crippen molar-refractivity contribution < 1.29 is 22.8 Å². The van der Waals surface area contributed by atoms with Crippen molar-refractivity contribution in [1.82, 2.24) is 9.80 Å². The molecule has 32 heavy (non-hydrogen) atoms. The summed E-state index contributed by atoms with van der Waals surface area (Å²) in [6.45, 7) is 1.63. The van der Waals surface area contributed by atoms with E-state index in [1.807, 2.05) is 42.5 Å². The molecule has 164 valence electrons. The molecule has 4 rings (SSSR count). The van der Waals surface area contributed by atoms with Gasteiger partial charge in [0.05, 0.1) is 5.56 Å². The summed E-state index contributed by atoms with van der Waals surface area (Å²) in [7, 11) is 0. The third-order valence-corrected chi connectivity index (χ3v) is 5.55. The molecule has 0 saturated carbocycles. The number of alkyl halides is 3. The third-order valence-electron chi connectivity index (χ3n) is 5.55. The second kappa shape index (κ2) is 8.86. The lowest BCUT2D eigenvalue weighted by Crippen LogP contribution is -2.50. The van der Waals surface area contributed by atoms with E-state index >= 15 is 0 Å². The van der Waals surface area contributed by atoms with Gasteiger partial charge in [0.15, 0.2) is 0 Å². The maximum absolute atomic E-state index is 13.0. The van der Waals surface area contributed by atoms with Crippen molar-refractivity contribution in [2.24, 2.45) is 0 Å². The number of benzene rings is 3. The van der Waals surface area contributed by atoms with Crippen molar-refractivity contribution in [3.05, 3.63) is 89.5 Å². The fourth-order valence-electron chi connectivity index (χ4n) is 3.77. The molecular weight excluding hydrogens is 417 g/mol. The van der Waals surface area contributed by atoms with E-state index in [0.29, 0.717) is 37.3 Å². The van der Waals surface area contributed by atoms with E-state index in [2.05, 4.69) is 0 Å². The van der Waals surface area contributed by atoms with Crippen molar-refractivity contribution in [2.45, 2.75) is 6.18 Å². The summed E-state index contributed by atoms with van der Waals surface area (Å²) in [5.41, 5.74) is 0.425. The van der Waals surface area contributed by atoms with Crippen LogP contribution in [0.15, 0.2) is 72.8 Å². The minimum absolute atomic E-state index is 0.0609. The Morgan fingerprint density at radius 3 is 2.09 bits per heavy atom. The average Bonchev–Trinajstić information content (AvgIpc) is 2.81. The Hall–Kier alpha value is -3.61. The fraction of sp³-hybridized carbons (Fsp3) is 0.200. The lowest BCUT2D eigenvalue weighted by molar-refractivity contribution is -0.137. The Balaban J connectivity index is 1.36. The van der Waals surface area contributed by atoms with E-state index in [1.54, 1.807) is 9.80 Å². The van der Waals surface area contributed by atoms with Crippen LogP contribution in [0.25, 0.3) is 16.8 Å². The number of piperazine rings is 1. The zero-order valence-electron chi connectivity index (χ0n) is 17.2. The van der Waals surface area contributed by atoms with E-state index in [4.69, 9.17) is 0 Å². The molecule has 1 heterocycles. The smallest absolute Gasteiger partial charge is 0.336 e. The number of halogens is 3. The van der Waals surface area contributed by atoms with Crippen LogP contribution >= 0.6 is 0 Å². The van der Waals surface area contributed by atoms with Gasteiger partial charge >= 0.3 is 6.18 Å². The van der Waals surface area contributed by atoms with E-state index in [-0.39, 0.29) is 11.8 Å². The monoisotopic (exact) mass is 438 g/mol. The maximum Gasteiger partial charge on any atom is 0.416 e. The lowest BCUT2D eigenvalue weighted by atomic mass is 10.0. The van der Waals surface area contributed by atoms with Crippen molar-refractivity contribution in [2.75, 3.05) is 26.2 Å². The number of nitrogens with zero attached hydrogens (tertiary/aromatic N) is 2. The van der Waals surface area contributed by atoms with Gasteiger partial charge in [-0.05, 0) is 40.6 Å². The molecule has 7 heteroatoms. The van der Waals surface area contributed by atoms with E-state index in [0.717, 1.165) is 22.9 Å². The van der Waals surface area contributed by atoms with Gasteiger partial charge < -0.3 is 9.80 Å². The molecule has 2 amide bonds. The molecular formula is C25H21F3N2O2. The number of rotatable bonds is 3. The maximum atomic E-state index is 13.0. The van der Waals surface area contributed by atoms with Gasteiger partial charge in [-0.1, -0.05) is 48.5 Å². The molecule has 0 radical (unpaired) electrons. The van der Waals surface area contributed by atoms with Gasteiger partial charge in [0.25, 0.3) is 5.91 Å². The number of carbonyl (C=O) groups is 2. The highest BCUT2D eigenvalue weighted by Crippen LogP contribution is 2.29. The molecule has 1 saturated heterocycles. The van der Waals surface area contributed by atoms with Crippen LogP contribution in [0, 0.1) is 0 Å². The van der Waals surface area contributed by atoms with Crippen LogP contribution < -0.4 is 0 Å². The van der Waals surface area contributed by atoms with Crippen molar-refractivity contribution >= 4 is 28.7 Å². The molecule has 0 atom stereocenters. The summed E-state index contributed by atoms with van der Waals surface area (Å²) < 4.78 is 37.9. The first-order valence-corrected chi connectivity index (χ1v) is 10.2. The van der Waals surface area contributed by atoms with Gasteiger partial charge in [0.1, 0.15) is 0 Å². The first kappa shape index (κ1) is 21.6. The first-order chi connectivity index (χ1) is 15.3. The number of hydrogen-bond donors (Lipinski definition) is 0. The Morgan fingerprint density at radius 2 is 1.41 bits per heavy atom. The number of fused-ring (bicyclic) bond motifs is 1. The molecule has 0 N–H and O–H groups in total. The summed E-state index contributed by atoms with van der Waals surface area (Å²) in [6.07, 6.45) is -1.54. The lowest BCUT2D eigenvalue weighted by Gasteiger charge is -2.34. The molecule has 3 aromatic rings. The average molecular weight is 438 g/mol. The Labute approximate surface area is 183 Å². The zero-order valence-corrected chi connectivity index (χ0v) is 17.2. The van der Waals surface area contributed by atoms with E-state index < -0.39 is 11.7 Å². The van der Waals surface area contributed by atoms with Crippen LogP contribution in [0.1, 0.15) is 21.5 Å². The SMILES string of the molecule is O=C(/C=C/c1ccc(C(F)(F)F)cc1)N1CCN(C(=O)c2cccc3ccccc23)CC1. The Kier molecular flexibility index (Phi) is 5.99. The van der Waals surface area contributed by atoms with Crippen molar-refractivity contribution in [3.63, 3.8) is 0 Å². The van der Waals surface area contributed by atoms with Crippen LogP contribution in [0.5, 0.6) is 0 Å². The number of hydrogen-bond acceptors (Lipinski definition) is 2. The van der Waals surface area contributed by atoms with Crippen LogP contribution in [0.3, 0.4) is 0 Å². The van der Waals surface area contributed by atoms with Crippen LogP contribution in [-0.2, 0) is 11.0 Å². The minimum Gasteiger partial charge on any atom is -0.336 e.